The van der Waals surface area contributed by atoms with Gasteiger partial charge in [0.1, 0.15) is 5.75 Å². The van der Waals surface area contributed by atoms with Crippen molar-refractivity contribution in [2.24, 2.45) is 5.41 Å². The van der Waals surface area contributed by atoms with E-state index in [2.05, 4.69) is 0 Å². The fraction of sp³-hybridized carbons (Fsp3) is 0.333. The van der Waals surface area contributed by atoms with Crippen molar-refractivity contribution in [3.8, 4) is 5.75 Å². The molecule has 0 heterocycles. The molecule has 3 rings (SSSR count). The minimum atomic E-state index is -3.74. The normalized spacial score (nSPS) is 21.8. The highest BCUT2D eigenvalue weighted by Gasteiger charge is 2.70. The number of hydrogen-bond acceptors (Lipinski definition) is 5. The predicted octanol–water partition coefficient (Wildman–Crippen LogP) is 2.26. The standard InChI is InChI=1S/C18H19ClO5S/c1-24-14-6-2-12(3-7-14)16-17(18(16,10-20)11-21)25(22,23)15-8-4-13(19)5-9-15/h2-9,16-17,20-21H,10-11H2,1H3/t16-,17+/m1/s1. The summed E-state index contributed by atoms with van der Waals surface area (Å²) in [5.41, 5.74) is -0.362. The monoisotopic (exact) mass is 382 g/mol. The van der Waals surface area contributed by atoms with Gasteiger partial charge in [0.15, 0.2) is 9.84 Å². The van der Waals surface area contributed by atoms with Crippen LogP contribution in [0.5, 0.6) is 5.75 Å². The maximum atomic E-state index is 13.1. The Hall–Kier alpha value is -1.60. The van der Waals surface area contributed by atoms with Crippen LogP contribution in [0.15, 0.2) is 53.4 Å². The first-order valence-corrected chi connectivity index (χ1v) is 9.68. The molecular formula is C18H19ClO5S. The summed E-state index contributed by atoms with van der Waals surface area (Å²) < 4.78 is 31.2. The van der Waals surface area contributed by atoms with Crippen LogP contribution < -0.4 is 4.74 Å². The van der Waals surface area contributed by atoms with Crippen molar-refractivity contribution in [1.82, 2.24) is 0 Å². The van der Waals surface area contributed by atoms with Gasteiger partial charge in [0, 0.05) is 16.4 Å². The Morgan fingerprint density at radius 3 is 2.08 bits per heavy atom. The number of aliphatic hydroxyl groups excluding tert-OH is 2. The first-order valence-electron chi connectivity index (χ1n) is 7.76. The van der Waals surface area contributed by atoms with Crippen LogP contribution in [0.25, 0.3) is 0 Å². The fourth-order valence-corrected chi connectivity index (χ4v) is 6.01. The molecular weight excluding hydrogens is 364 g/mol. The zero-order valence-electron chi connectivity index (χ0n) is 13.6. The van der Waals surface area contributed by atoms with Crippen LogP contribution >= 0.6 is 11.6 Å². The second-order valence-corrected chi connectivity index (χ2v) is 8.73. The molecule has 0 unspecified atom stereocenters. The summed E-state index contributed by atoms with van der Waals surface area (Å²) in [7, 11) is -2.19. The number of halogens is 1. The van der Waals surface area contributed by atoms with E-state index in [4.69, 9.17) is 16.3 Å². The van der Waals surface area contributed by atoms with Gasteiger partial charge in [-0.1, -0.05) is 23.7 Å². The molecule has 2 N–H and O–H groups in total. The number of aliphatic hydroxyl groups is 2. The molecule has 0 spiro atoms. The zero-order valence-corrected chi connectivity index (χ0v) is 15.2. The highest BCUT2D eigenvalue weighted by molar-refractivity contribution is 7.92. The lowest BCUT2D eigenvalue weighted by atomic mass is 10.0. The molecule has 1 aliphatic carbocycles. The number of benzene rings is 2. The van der Waals surface area contributed by atoms with Gasteiger partial charge in [-0.25, -0.2) is 8.42 Å². The maximum Gasteiger partial charge on any atom is 0.182 e. The molecule has 0 saturated heterocycles. The van der Waals surface area contributed by atoms with E-state index >= 15 is 0 Å². The molecule has 5 nitrogen and oxygen atoms in total. The molecule has 25 heavy (non-hydrogen) atoms. The van der Waals surface area contributed by atoms with E-state index in [9.17, 15) is 18.6 Å². The molecule has 2 aromatic carbocycles. The Kier molecular flexibility index (Phi) is 4.81. The summed E-state index contributed by atoms with van der Waals surface area (Å²) in [5.74, 6) is 0.161. The van der Waals surface area contributed by atoms with Crippen molar-refractivity contribution in [2.75, 3.05) is 20.3 Å². The van der Waals surface area contributed by atoms with Crippen LogP contribution in [0.1, 0.15) is 11.5 Å². The van der Waals surface area contributed by atoms with Gasteiger partial charge in [-0.3, -0.25) is 0 Å². The van der Waals surface area contributed by atoms with E-state index in [1.165, 1.54) is 24.3 Å². The lowest BCUT2D eigenvalue weighted by Crippen LogP contribution is -2.23. The van der Waals surface area contributed by atoms with E-state index in [1.54, 1.807) is 31.4 Å². The average molecular weight is 383 g/mol. The average Bonchev–Trinajstić information content (AvgIpc) is 3.33. The van der Waals surface area contributed by atoms with Crippen LogP contribution in [-0.4, -0.2) is 44.2 Å². The molecule has 2 atom stereocenters. The second kappa shape index (κ2) is 6.61. The van der Waals surface area contributed by atoms with Gasteiger partial charge in [-0.2, -0.15) is 0 Å². The third-order valence-corrected chi connectivity index (χ3v) is 7.51. The Labute approximate surface area is 151 Å². The quantitative estimate of drug-likeness (QED) is 0.800. The summed E-state index contributed by atoms with van der Waals surface area (Å²) in [5, 5.41) is 19.2. The van der Waals surface area contributed by atoms with E-state index in [0.717, 1.165) is 5.56 Å². The summed E-state index contributed by atoms with van der Waals surface area (Å²) in [4.78, 5) is 0.129. The Balaban J connectivity index is 2.02. The first kappa shape index (κ1) is 18.2. The van der Waals surface area contributed by atoms with Crippen LogP contribution in [0.3, 0.4) is 0 Å². The van der Waals surface area contributed by atoms with Gasteiger partial charge in [-0.15, -0.1) is 0 Å². The number of rotatable bonds is 6. The lowest BCUT2D eigenvalue weighted by molar-refractivity contribution is 0.130. The van der Waals surface area contributed by atoms with Gasteiger partial charge in [0.05, 0.1) is 30.5 Å². The first-order chi connectivity index (χ1) is 11.9. The van der Waals surface area contributed by atoms with Crippen molar-refractivity contribution >= 4 is 21.4 Å². The van der Waals surface area contributed by atoms with Crippen molar-refractivity contribution in [3.63, 3.8) is 0 Å². The molecule has 1 fully saturated rings. The van der Waals surface area contributed by atoms with Crippen LogP contribution in [0.2, 0.25) is 5.02 Å². The Bertz CT molecular complexity index is 842. The fourth-order valence-electron chi connectivity index (χ4n) is 3.46. The smallest absolute Gasteiger partial charge is 0.182 e. The molecule has 0 aliphatic heterocycles. The summed E-state index contributed by atoms with van der Waals surface area (Å²) in [6, 6.07) is 12.9. The summed E-state index contributed by atoms with van der Waals surface area (Å²) in [6.45, 7) is -0.838. The highest BCUT2D eigenvalue weighted by atomic mass is 35.5. The molecule has 0 bridgehead atoms. The number of hydrogen-bond donors (Lipinski definition) is 2. The van der Waals surface area contributed by atoms with Gasteiger partial charge in [-0.05, 0) is 42.0 Å². The Morgan fingerprint density at radius 1 is 1.04 bits per heavy atom. The molecule has 2 aromatic rings. The summed E-state index contributed by atoms with van der Waals surface area (Å²) in [6.07, 6.45) is 0. The van der Waals surface area contributed by atoms with Gasteiger partial charge in [0.2, 0.25) is 0 Å². The van der Waals surface area contributed by atoms with Crippen molar-refractivity contribution < 1.29 is 23.4 Å². The minimum Gasteiger partial charge on any atom is -0.497 e. The molecule has 0 amide bonds. The molecule has 134 valence electrons. The third kappa shape index (κ3) is 2.93. The molecule has 0 radical (unpaired) electrons. The largest absolute Gasteiger partial charge is 0.497 e. The van der Waals surface area contributed by atoms with E-state index < -0.39 is 39.6 Å². The highest BCUT2D eigenvalue weighted by Crippen LogP contribution is 2.63. The zero-order chi connectivity index (χ0) is 18.2. The van der Waals surface area contributed by atoms with Crippen LogP contribution in [0, 0.1) is 5.41 Å². The maximum absolute atomic E-state index is 13.1. The Morgan fingerprint density at radius 2 is 1.60 bits per heavy atom. The molecule has 1 saturated carbocycles. The number of methoxy groups -OCH3 is 1. The SMILES string of the molecule is COc1ccc([C@@H]2[C@H](S(=O)(=O)c3ccc(Cl)cc3)C2(CO)CO)cc1. The van der Waals surface area contributed by atoms with Crippen molar-refractivity contribution in [1.29, 1.82) is 0 Å². The predicted molar refractivity (Wildman–Crippen MR) is 94.8 cm³/mol. The second-order valence-electron chi connectivity index (χ2n) is 6.22. The van der Waals surface area contributed by atoms with E-state index in [1.807, 2.05) is 0 Å². The van der Waals surface area contributed by atoms with Crippen LogP contribution in [0.4, 0.5) is 0 Å². The molecule has 0 aromatic heterocycles. The number of sulfone groups is 1. The van der Waals surface area contributed by atoms with Crippen LogP contribution in [-0.2, 0) is 9.84 Å². The van der Waals surface area contributed by atoms with Crippen molar-refractivity contribution in [3.05, 3.63) is 59.1 Å². The lowest BCUT2D eigenvalue weighted by Gasteiger charge is -2.11. The molecule has 7 heteroatoms. The van der Waals surface area contributed by atoms with Crippen molar-refractivity contribution in [2.45, 2.75) is 16.1 Å². The topological polar surface area (TPSA) is 83.8 Å². The minimum absolute atomic E-state index is 0.129. The third-order valence-electron chi connectivity index (χ3n) is 4.92. The molecule has 1 aliphatic rings. The van der Waals surface area contributed by atoms with Gasteiger partial charge >= 0.3 is 0 Å². The van der Waals surface area contributed by atoms with E-state index in [0.29, 0.717) is 10.8 Å². The number of ether oxygens (including phenoxy) is 1. The van der Waals surface area contributed by atoms with Gasteiger partial charge < -0.3 is 14.9 Å². The summed E-state index contributed by atoms with van der Waals surface area (Å²) >= 11 is 5.83. The van der Waals surface area contributed by atoms with E-state index in [-0.39, 0.29) is 4.90 Å². The van der Waals surface area contributed by atoms with Gasteiger partial charge in [0.25, 0.3) is 0 Å².